The fourth-order valence-electron chi connectivity index (χ4n) is 4.07. The first-order valence-electron chi connectivity index (χ1n) is 12.2. The molecule has 4 rings (SSSR count). The molecule has 2 aliphatic rings. The summed E-state index contributed by atoms with van der Waals surface area (Å²) in [6, 6.07) is 1.84. The summed E-state index contributed by atoms with van der Waals surface area (Å²) in [6.07, 6.45) is 11.8. The number of aromatic nitrogens is 3. The minimum Gasteiger partial charge on any atom is -0.464 e. The van der Waals surface area contributed by atoms with Gasteiger partial charge in [0.2, 0.25) is 0 Å². The topological polar surface area (TPSA) is 86.3 Å². The number of aryl methyl sites for hydroxylation is 1. The average Bonchev–Trinajstić information content (AvgIpc) is 3.58. The highest BCUT2D eigenvalue weighted by Crippen LogP contribution is 2.31. The molecular weight excluding hydrogens is 472 g/mol. The molecule has 0 saturated heterocycles. The van der Waals surface area contributed by atoms with Gasteiger partial charge in [-0.15, -0.1) is 13.2 Å². The minimum absolute atomic E-state index is 0.402. The normalized spacial score (nSPS) is 15.5. The third kappa shape index (κ3) is 12.4. The van der Waals surface area contributed by atoms with Crippen molar-refractivity contribution in [1.29, 1.82) is 0 Å². The van der Waals surface area contributed by atoms with Crippen molar-refractivity contribution in [2.45, 2.75) is 70.9 Å². The highest BCUT2D eigenvalue weighted by molar-refractivity contribution is 7.13. The monoisotopic (exact) mass is 513 g/mol. The Kier molecular flexibility index (Phi) is 16.8. The molecular formula is C25H41F2N5O2S. The molecule has 1 saturated carbocycles. The molecule has 35 heavy (non-hydrogen) atoms. The van der Waals surface area contributed by atoms with E-state index < -0.39 is 13.0 Å². The summed E-state index contributed by atoms with van der Waals surface area (Å²) in [6.45, 7) is 9.16. The number of fused-ring (bicyclic) bond motifs is 1. The summed E-state index contributed by atoms with van der Waals surface area (Å²) in [5.74, 6) is 0.899. The second-order valence-electron chi connectivity index (χ2n) is 8.10. The van der Waals surface area contributed by atoms with E-state index >= 15 is 0 Å². The Labute approximate surface area is 212 Å². The van der Waals surface area contributed by atoms with Crippen LogP contribution in [-0.2, 0) is 24.3 Å². The zero-order valence-corrected chi connectivity index (χ0v) is 21.7. The second-order valence-corrected chi connectivity index (χ2v) is 9.14. The van der Waals surface area contributed by atoms with Crippen LogP contribution in [-0.4, -0.2) is 59.1 Å². The lowest BCUT2D eigenvalue weighted by Crippen LogP contribution is -2.32. The maximum absolute atomic E-state index is 12.2. The van der Waals surface area contributed by atoms with E-state index in [4.69, 9.17) is 4.74 Å². The maximum atomic E-state index is 12.2. The Bertz CT molecular complexity index is 783. The molecule has 2 N–H and O–H groups in total. The fourth-order valence-corrected chi connectivity index (χ4v) is 4.99. The number of halogens is 2. The molecule has 0 aromatic carbocycles. The van der Waals surface area contributed by atoms with Crippen LogP contribution in [0.4, 0.5) is 8.78 Å². The molecule has 0 unspecified atom stereocenters. The van der Waals surface area contributed by atoms with E-state index in [9.17, 15) is 13.6 Å². The molecule has 198 valence electrons. The summed E-state index contributed by atoms with van der Waals surface area (Å²) >= 11 is 1.43. The first-order valence-corrected chi connectivity index (χ1v) is 13.1. The number of hydrogen-bond acceptors (Lipinski definition) is 7. The van der Waals surface area contributed by atoms with Crippen LogP contribution in [0.3, 0.4) is 0 Å². The molecule has 0 spiro atoms. The summed E-state index contributed by atoms with van der Waals surface area (Å²) in [7, 11) is 1.50. The number of nitrogens with two attached hydrogens (primary N) is 1. The number of thiazole rings is 1. The third-order valence-electron chi connectivity index (χ3n) is 5.73. The number of hydrogen-bond donors (Lipinski definition) is 1. The fraction of sp³-hybridized carbons (Fsp3) is 0.640. The predicted octanol–water partition coefficient (Wildman–Crippen LogP) is 4.96. The number of nitrogens with zero attached hydrogens (tertiary/aromatic N) is 4. The summed E-state index contributed by atoms with van der Waals surface area (Å²) in [5, 5.41) is 4.31. The lowest BCUT2D eigenvalue weighted by atomic mass is 9.87. The van der Waals surface area contributed by atoms with Crippen LogP contribution in [0.5, 0.6) is 5.19 Å². The zero-order chi connectivity index (χ0) is 25.9. The van der Waals surface area contributed by atoms with Crippen molar-refractivity contribution in [1.82, 2.24) is 19.7 Å². The highest BCUT2D eigenvalue weighted by atomic mass is 32.1. The van der Waals surface area contributed by atoms with Gasteiger partial charge in [-0.1, -0.05) is 43.4 Å². The van der Waals surface area contributed by atoms with Crippen molar-refractivity contribution in [2.75, 3.05) is 26.7 Å². The van der Waals surface area contributed by atoms with E-state index in [1.165, 1.54) is 61.8 Å². The Morgan fingerprint density at radius 2 is 2.00 bits per heavy atom. The lowest BCUT2D eigenvalue weighted by molar-refractivity contribution is -0.108. The van der Waals surface area contributed by atoms with Gasteiger partial charge in [-0.2, -0.15) is 5.10 Å². The maximum Gasteiger partial charge on any atom is 0.273 e. The smallest absolute Gasteiger partial charge is 0.273 e. The van der Waals surface area contributed by atoms with Crippen molar-refractivity contribution in [3.05, 3.63) is 42.2 Å². The van der Waals surface area contributed by atoms with Gasteiger partial charge in [0.25, 0.3) is 11.6 Å². The first kappa shape index (κ1) is 30.9. The third-order valence-corrected chi connectivity index (χ3v) is 6.80. The van der Waals surface area contributed by atoms with Crippen LogP contribution in [0.15, 0.2) is 31.6 Å². The van der Waals surface area contributed by atoms with Gasteiger partial charge in [0, 0.05) is 43.3 Å². The molecule has 1 fully saturated rings. The Morgan fingerprint density at radius 3 is 2.63 bits per heavy atom. The van der Waals surface area contributed by atoms with Gasteiger partial charge in [0.15, 0.2) is 6.61 Å². The van der Waals surface area contributed by atoms with Crippen molar-refractivity contribution < 1.29 is 18.3 Å². The Morgan fingerprint density at radius 1 is 1.26 bits per heavy atom. The largest absolute Gasteiger partial charge is 0.464 e. The molecule has 7 nitrogen and oxygen atoms in total. The van der Waals surface area contributed by atoms with Gasteiger partial charge >= 0.3 is 0 Å². The second kappa shape index (κ2) is 19.1. The minimum atomic E-state index is -2.44. The summed E-state index contributed by atoms with van der Waals surface area (Å²) in [4.78, 5) is 17.9. The molecule has 0 amide bonds. The molecule has 0 atom stereocenters. The molecule has 10 heteroatoms. The van der Waals surface area contributed by atoms with E-state index in [0.29, 0.717) is 18.2 Å². The summed E-state index contributed by atoms with van der Waals surface area (Å²) < 4.78 is 31.2. The van der Waals surface area contributed by atoms with E-state index in [1.807, 2.05) is 12.3 Å². The van der Waals surface area contributed by atoms with Crippen LogP contribution in [0.1, 0.15) is 55.5 Å². The molecule has 0 radical (unpaired) electrons. The van der Waals surface area contributed by atoms with Crippen LogP contribution >= 0.6 is 11.3 Å². The molecule has 1 aliphatic carbocycles. The van der Waals surface area contributed by atoms with Crippen LogP contribution in [0.25, 0.3) is 0 Å². The van der Waals surface area contributed by atoms with Crippen LogP contribution in [0.2, 0.25) is 0 Å². The molecule has 2 aromatic rings. The van der Waals surface area contributed by atoms with Gasteiger partial charge in [0.1, 0.15) is 6.29 Å². The lowest BCUT2D eigenvalue weighted by Gasteiger charge is -2.29. The van der Waals surface area contributed by atoms with Crippen molar-refractivity contribution in [3.63, 3.8) is 0 Å². The van der Waals surface area contributed by atoms with E-state index in [0.717, 1.165) is 44.0 Å². The Balaban J connectivity index is 0.000000394. The number of carbonyl (C=O) groups excluding carboxylic acids is 1. The van der Waals surface area contributed by atoms with Crippen molar-refractivity contribution in [3.8, 4) is 5.19 Å². The predicted molar refractivity (Wildman–Crippen MR) is 138 cm³/mol. The number of aldehydes is 1. The number of carbonyl (C=O) groups is 1. The standard InChI is InChI=1S/C16H24F2N2OS.C6H8N2O.C2H4.CH5N/c17-15(18)11-21-16-19-13-10-20(9-7-14(13)22-16)8-6-12-4-2-1-3-5-12;9-6-2-5-8-4-1-3-7-8;2*1-2/h12,15H,1-11H2;1,3-4,6H,2,5H2;1-2H2;2H2,1H3. The first-order chi connectivity index (χ1) is 17.1. The van der Waals surface area contributed by atoms with Crippen LogP contribution in [0, 0.1) is 5.92 Å². The van der Waals surface area contributed by atoms with Crippen molar-refractivity contribution in [2.24, 2.45) is 11.7 Å². The van der Waals surface area contributed by atoms with Crippen molar-refractivity contribution >= 4 is 17.6 Å². The summed E-state index contributed by atoms with van der Waals surface area (Å²) in [5.41, 5.74) is 5.53. The molecule has 0 bridgehead atoms. The van der Waals surface area contributed by atoms with Gasteiger partial charge < -0.3 is 15.3 Å². The highest BCUT2D eigenvalue weighted by Gasteiger charge is 2.23. The van der Waals surface area contributed by atoms with Gasteiger partial charge in [-0.3, -0.25) is 9.58 Å². The average molecular weight is 514 g/mol. The Hall–Kier alpha value is -2.17. The van der Waals surface area contributed by atoms with Gasteiger partial charge in [-0.05, 0) is 38.4 Å². The van der Waals surface area contributed by atoms with E-state index in [1.54, 1.807) is 10.9 Å². The van der Waals surface area contributed by atoms with Gasteiger partial charge in [0.05, 0.1) is 5.69 Å². The number of rotatable bonds is 9. The van der Waals surface area contributed by atoms with Gasteiger partial charge in [-0.25, -0.2) is 13.8 Å². The molecule has 1 aliphatic heterocycles. The SMILES string of the molecule is C=C.CN.FC(F)COc1nc2c(s1)CCN(CCC1CCCCC1)C2.O=CCCn1cccn1. The van der Waals surface area contributed by atoms with E-state index in [2.05, 4.69) is 33.9 Å². The molecule has 2 aromatic heterocycles. The molecule has 3 heterocycles. The van der Waals surface area contributed by atoms with Crippen LogP contribution < -0.4 is 10.5 Å². The number of alkyl halides is 2. The quantitative estimate of drug-likeness (QED) is 0.377. The zero-order valence-electron chi connectivity index (χ0n) is 20.9. The number of ether oxygens (including phenoxy) is 1. The van der Waals surface area contributed by atoms with E-state index in [-0.39, 0.29) is 0 Å².